The number of rotatable bonds is 3. The molecule has 4 heteroatoms. The third kappa shape index (κ3) is 2.71. The molecule has 0 N–H and O–H groups in total. The van der Waals surface area contributed by atoms with Crippen LogP contribution in [0.5, 0.6) is 0 Å². The average Bonchev–Trinajstić information content (AvgIpc) is 2.89. The minimum absolute atomic E-state index is 0.229. The van der Waals surface area contributed by atoms with Gasteiger partial charge in [0.25, 0.3) is 0 Å². The molecule has 3 nitrogen and oxygen atoms in total. The summed E-state index contributed by atoms with van der Waals surface area (Å²) < 4.78 is 12.1. The predicted molar refractivity (Wildman–Crippen MR) is 73.5 cm³/mol. The Kier molecular flexibility index (Phi) is 3.59. The maximum absolute atomic E-state index is 5.76. The quantitative estimate of drug-likeness (QED) is 0.872. The van der Waals surface area contributed by atoms with Gasteiger partial charge in [0.15, 0.2) is 0 Å². The fourth-order valence-electron chi connectivity index (χ4n) is 2.07. The number of nitrogens with zero attached hydrogens (tertiary/aromatic N) is 1. The molecule has 0 spiro atoms. The second-order valence-electron chi connectivity index (χ2n) is 4.44. The van der Waals surface area contributed by atoms with Crippen LogP contribution < -0.4 is 0 Å². The van der Waals surface area contributed by atoms with Crippen molar-refractivity contribution in [3.63, 3.8) is 0 Å². The van der Waals surface area contributed by atoms with Crippen molar-refractivity contribution < 1.29 is 9.47 Å². The molecule has 0 bridgehead atoms. The normalized spacial score (nSPS) is 19.5. The highest BCUT2D eigenvalue weighted by Crippen LogP contribution is 2.19. The third-order valence-corrected chi connectivity index (χ3v) is 3.56. The number of benzene rings is 1. The van der Waals surface area contributed by atoms with E-state index in [4.69, 9.17) is 9.47 Å². The summed E-state index contributed by atoms with van der Waals surface area (Å²) in [5.41, 5.74) is 1.97. The average molecular weight is 308 g/mol. The Balaban J connectivity index is 1.74. The van der Waals surface area contributed by atoms with Crippen LogP contribution in [0, 0.1) is 0 Å². The predicted octanol–water partition coefficient (Wildman–Crippen LogP) is 3.30. The second-order valence-corrected chi connectivity index (χ2v) is 5.35. The number of halogens is 1. The molecule has 0 amide bonds. The number of ether oxygens (including phenoxy) is 2. The Labute approximate surface area is 114 Å². The van der Waals surface area contributed by atoms with Gasteiger partial charge in [0.1, 0.15) is 0 Å². The second kappa shape index (κ2) is 5.34. The molecule has 1 aliphatic heterocycles. The Morgan fingerprint density at radius 3 is 3.11 bits per heavy atom. The smallest absolute Gasteiger partial charge is 0.0893 e. The number of pyridine rings is 1. The number of hydrogen-bond donors (Lipinski definition) is 0. The van der Waals surface area contributed by atoms with Crippen LogP contribution in [-0.2, 0) is 16.1 Å². The molecule has 1 aromatic heterocycles. The molecule has 1 atom stereocenters. The molecular weight excluding hydrogens is 294 g/mol. The van der Waals surface area contributed by atoms with Crippen molar-refractivity contribution in [3.05, 3.63) is 40.5 Å². The van der Waals surface area contributed by atoms with Gasteiger partial charge in [-0.1, -0.05) is 22.0 Å². The topological polar surface area (TPSA) is 31.4 Å². The first-order valence-corrected chi connectivity index (χ1v) is 6.85. The molecule has 2 aromatic rings. The van der Waals surface area contributed by atoms with E-state index in [1.165, 1.54) is 0 Å². The molecule has 3 rings (SSSR count). The standard InChI is InChI=1S/C14H14BrNO2/c15-11-2-4-14-10(7-11)1-3-12(16-14)8-18-13-5-6-17-9-13/h1-4,7,13H,5-6,8-9H2/t13-/m1/s1. The summed E-state index contributed by atoms with van der Waals surface area (Å²) in [6, 6.07) is 10.2. The fourth-order valence-corrected chi connectivity index (χ4v) is 2.45. The molecule has 1 fully saturated rings. The highest BCUT2D eigenvalue weighted by Gasteiger charge is 2.16. The van der Waals surface area contributed by atoms with Crippen LogP contribution in [0.25, 0.3) is 10.9 Å². The fraction of sp³-hybridized carbons (Fsp3) is 0.357. The Bertz CT molecular complexity index is 552. The van der Waals surface area contributed by atoms with Crippen molar-refractivity contribution >= 4 is 26.8 Å². The zero-order valence-corrected chi connectivity index (χ0v) is 11.5. The SMILES string of the molecule is Brc1ccc2nc(CO[C@@H]3CCOC3)ccc2c1. The molecule has 0 radical (unpaired) electrons. The van der Waals surface area contributed by atoms with Crippen LogP contribution in [0.4, 0.5) is 0 Å². The van der Waals surface area contributed by atoms with Crippen molar-refractivity contribution in [1.29, 1.82) is 0 Å². The summed E-state index contributed by atoms with van der Waals surface area (Å²) in [5, 5.41) is 1.14. The van der Waals surface area contributed by atoms with Crippen molar-refractivity contribution in [2.45, 2.75) is 19.1 Å². The van der Waals surface area contributed by atoms with E-state index in [9.17, 15) is 0 Å². The van der Waals surface area contributed by atoms with E-state index in [-0.39, 0.29) is 6.10 Å². The minimum atomic E-state index is 0.229. The largest absolute Gasteiger partial charge is 0.379 e. The number of aromatic nitrogens is 1. The summed E-state index contributed by atoms with van der Waals surface area (Å²) in [5.74, 6) is 0. The van der Waals surface area contributed by atoms with Crippen LogP contribution in [0.2, 0.25) is 0 Å². The van der Waals surface area contributed by atoms with E-state index >= 15 is 0 Å². The van der Waals surface area contributed by atoms with Crippen molar-refractivity contribution in [1.82, 2.24) is 4.98 Å². The van der Waals surface area contributed by atoms with E-state index in [1.807, 2.05) is 18.2 Å². The van der Waals surface area contributed by atoms with Crippen LogP contribution >= 0.6 is 15.9 Å². The monoisotopic (exact) mass is 307 g/mol. The summed E-state index contributed by atoms with van der Waals surface area (Å²) in [7, 11) is 0. The number of hydrogen-bond acceptors (Lipinski definition) is 3. The van der Waals surface area contributed by atoms with Crippen LogP contribution in [0.15, 0.2) is 34.8 Å². The van der Waals surface area contributed by atoms with E-state index in [0.29, 0.717) is 13.2 Å². The highest BCUT2D eigenvalue weighted by molar-refractivity contribution is 9.10. The van der Waals surface area contributed by atoms with Gasteiger partial charge >= 0.3 is 0 Å². The molecule has 0 unspecified atom stereocenters. The van der Waals surface area contributed by atoms with Gasteiger partial charge in [0, 0.05) is 16.5 Å². The van der Waals surface area contributed by atoms with Gasteiger partial charge in [0.05, 0.1) is 30.5 Å². The lowest BCUT2D eigenvalue weighted by molar-refractivity contribution is 0.0303. The Morgan fingerprint density at radius 2 is 2.28 bits per heavy atom. The van der Waals surface area contributed by atoms with E-state index in [1.54, 1.807) is 0 Å². The van der Waals surface area contributed by atoms with Gasteiger partial charge in [-0.2, -0.15) is 0 Å². The van der Waals surface area contributed by atoms with Gasteiger partial charge in [-0.05, 0) is 30.7 Å². The highest BCUT2D eigenvalue weighted by atomic mass is 79.9. The molecule has 0 aliphatic carbocycles. The van der Waals surface area contributed by atoms with Gasteiger partial charge < -0.3 is 9.47 Å². The Morgan fingerprint density at radius 1 is 1.33 bits per heavy atom. The molecule has 18 heavy (non-hydrogen) atoms. The van der Waals surface area contributed by atoms with Crippen molar-refractivity contribution in [2.24, 2.45) is 0 Å². The van der Waals surface area contributed by atoms with Gasteiger partial charge in [-0.25, -0.2) is 0 Å². The molecular formula is C14H14BrNO2. The first-order valence-electron chi connectivity index (χ1n) is 6.06. The first-order chi connectivity index (χ1) is 8.81. The lowest BCUT2D eigenvalue weighted by Crippen LogP contribution is -2.12. The van der Waals surface area contributed by atoms with Crippen LogP contribution in [-0.4, -0.2) is 24.3 Å². The minimum Gasteiger partial charge on any atom is -0.379 e. The number of fused-ring (bicyclic) bond motifs is 1. The first kappa shape index (κ1) is 12.1. The van der Waals surface area contributed by atoms with Gasteiger partial charge in [0.2, 0.25) is 0 Å². The molecule has 1 saturated heterocycles. The molecule has 0 saturated carbocycles. The van der Waals surface area contributed by atoms with E-state index in [2.05, 4.69) is 33.0 Å². The van der Waals surface area contributed by atoms with Crippen LogP contribution in [0.1, 0.15) is 12.1 Å². The van der Waals surface area contributed by atoms with Gasteiger partial charge in [-0.3, -0.25) is 4.98 Å². The zero-order valence-electron chi connectivity index (χ0n) is 9.93. The maximum atomic E-state index is 5.76. The lowest BCUT2D eigenvalue weighted by atomic mass is 10.2. The van der Waals surface area contributed by atoms with E-state index < -0.39 is 0 Å². The lowest BCUT2D eigenvalue weighted by Gasteiger charge is -2.09. The van der Waals surface area contributed by atoms with Crippen LogP contribution in [0.3, 0.4) is 0 Å². The molecule has 1 aliphatic rings. The maximum Gasteiger partial charge on any atom is 0.0893 e. The van der Waals surface area contributed by atoms with Crippen molar-refractivity contribution in [3.8, 4) is 0 Å². The van der Waals surface area contributed by atoms with Crippen molar-refractivity contribution in [2.75, 3.05) is 13.2 Å². The van der Waals surface area contributed by atoms with E-state index in [0.717, 1.165) is 34.1 Å². The van der Waals surface area contributed by atoms with Gasteiger partial charge in [-0.15, -0.1) is 0 Å². The molecule has 94 valence electrons. The Hall–Kier alpha value is -0.970. The summed E-state index contributed by atoms with van der Waals surface area (Å²) in [4.78, 5) is 4.59. The summed E-state index contributed by atoms with van der Waals surface area (Å²) in [6.45, 7) is 2.07. The summed E-state index contributed by atoms with van der Waals surface area (Å²) >= 11 is 3.46. The third-order valence-electron chi connectivity index (χ3n) is 3.06. The zero-order chi connectivity index (χ0) is 12.4. The molecule has 1 aromatic carbocycles. The molecule has 2 heterocycles. The summed E-state index contributed by atoms with van der Waals surface area (Å²) in [6.07, 6.45) is 1.22.